The number of carbonyl (C=O) groups excluding carboxylic acids is 1. The van der Waals surface area contributed by atoms with Crippen LogP contribution in [-0.4, -0.2) is 40.4 Å². The number of hydrogen-bond donors (Lipinski definition) is 1. The van der Waals surface area contributed by atoms with Gasteiger partial charge in [-0.2, -0.15) is 0 Å². The third-order valence-corrected chi connectivity index (χ3v) is 8.58. The van der Waals surface area contributed by atoms with Gasteiger partial charge in [-0.3, -0.25) is 19.3 Å². The van der Waals surface area contributed by atoms with E-state index >= 15 is 0 Å². The van der Waals surface area contributed by atoms with Crippen LogP contribution in [0.25, 0.3) is 0 Å². The van der Waals surface area contributed by atoms with E-state index in [0.29, 0.717) is 31.7 Å². The number of ether oxygens (including phenoxy) is 1. The number of thioether (sulfide) groups is 1. The highest BCUT2D eigenvalue weighted by atomic mass is 32.2. The first-order valence-corrected chi connectivity index (χ1v) is 12.6. The molecule has 1 unspecified atom stereocenters. The molecule has 0 spiro atoms. The van der Waals surface area contributed by atoms with E-state index in [1.165, 1.54) is 16.5 Å². The van der Waals surface area contributed by atoms with Crippen LogP contribution < -0.4 is 15.2 Å². The van der Waals surface area contributed by atoms with Gasteiger partial charge in [0.25, 0.3) is 5.91 Å². The van der Waals surface area contributed by atoms with Crippen LogP contribution in [0.1, 0.15) is 39.6 Å². The highest BCUT2D eigenvalue weighted by molar-refractivity contribution is 7.98. The van der Waals surface area contributed by atoms with Gasteiger partial charge in [-0.25, -0.2) is 0 Å². The number of benzene rings is 2. The molecule has 1 amide bonds. The first kappa shape index (κ1) is 20.0. The minimum Gasteiger partial charge on any atom is -0.502 e. The van der Waals surface area contributed by atoms with Crippen LogP contribution >= 0.6 is 11.8 Å². The zero-order chi connectivity index (χ0) is 23.0. The van der Waals surface area contributed by atoms with Crippen molar-refractivity contribution in [3.05, 3.63) is 87.3 Å². The lowest BCUT2D eigenvalue weighted by atomic mass is 9.93. The second-order valence-corrected chi connectivity index (χ2v) is 10.5. The minimum absolute atomic E-state index is 0.0320. The molecule has 3 aliphatic heterocycles. The number of nitrogens with zero attached hydrogens (tertiary/aromatic N) is 3. The van der Waals surface area contributed by atoms with E-state index in [2.05, 4.69) is 29.3 Å². The predicted octanol–water partition coefficient (Wildman–Crippen LogP) is 3.33. The fourth-order valence-electron chi connectivity index (χ4n) is 5.56. The standard InChI is InChI=1S/C26H23N3O4S/c30-19-8-9-28-24(25(19)31)26(32)27-11-16-10-17(16)12-33-20-6-3-4-15-13-34-21-7-2-1-5-18(21)23(22(15)20)29(28)14-27/h1-9,16-17,23,31H,10-14H2/t16?,17-,23+/m0/s1. The quantitative estimate of drug-likeness (QED) is 0.540. The lowest BCUT2D eigenvalue weighted by Gasteiger charge is -2.44. The first-order chi connectivity index (χ1) is 16.6. The SMILES string of the molecule is O=C1c2c(O)c(=O)ccn2N2CN1CC1C[C@H]1COc1cccc3c1[C@H]2c1ccccc1SC3. The number of pyridine rings is 1. The van der Waals surface area contributed by atoms with Crippen LogP contribution in [0, 0.1) is 11.8 Å². The first-order valence-electron chi connectivity index (χ1n) is 11.6. The summed E-state index contributed by atoms with van der Waals surface area (Å²) in [5, 5.41) is 12.8. The molecule has 0 radical (unpaired) electrons. The van der Waals surface area contributed by atoms with E-state index in [0.717, 1.165) is 29.1 Å². The molecule has 1 aromatic heterocycles. The Kier molecular flexibility index (Phi) is 4.30. The van der Waals surface area contributed by atoms with Gasteiger partial charge in [-0.05, 0) is 41.5 Å². The Hall–Kier alpha value is -3.39. The molecule has 8 heteroatoms. The highest BCUT2D eigenvalue weighted by Crippen LogP contribution is 2.48. The van der Waals surface area contributed by atoms with Gasteiger partial charge >= 0.3 is 0 Å². The van der Waals surface area contributed by atoms with Crippen LogP contribution in [0.15, 0.2) is 64.4 Å². The van der Waals surface area contributed by atoms with Crippen molar-refractivity contribution in [1.29, 1.82) is 0 Å². The Morgan fingerprint density at radius 2 is 1.91 bits per heavy atom. The lowest BCUT2D eigenvalue weighted by Crippen LogP contribution is -2.56. The summed E-state index contributed by atoms with van der Waals surface area (Å²) in [5.41, 5.74) is 2.87. The summed E-state index contributed by atoms with van der Waals surface area (Å²) in [4.78, 5) is 28.8. The van der Waals surface area contributed by atoms with E-state index in [4.69, 9.17) is 4.74 Å². The molecule has 172 valence electrons. The molecule has 1 saturated carbocycles. The summed E-state index contributed by atoms with van der Waals surface area (Å²) in [6.07, 6.45) is 2.62. The molecule has 0 saturated heterocycles. The smallest absolute Gasteiger partial charge is 0.277 e. The Bertz CT molecular complexity index is 1400. The molecular weight excluding hydrogens is 450 g/mol. The van der Waals surface area contributed by atoms with Gasteiger partial charge in [-0.1, -0.05) is 30.3 Å². The monoisotopic (exact) mass is 473 g/mol. The van der Waals surface area contributed by atoms with Gasteiger partial charge in [0.05, 0.1) is 6.61 Å². The predicted molar refractivity (Wildman–Crippen MR) is 128 cm³/mol. The number of amides is 1. The van der Waals surface area contributed by atoms with Gasteiger partial charge in [0.15, 0.2) is 11.4 Å². The second-order valence-electron chi connectivity index (χ2n) is 9.46. The van der Waals surface area contributed by atoms with Crippen LogP contribution in [-0.2, 0) is 5.75 Å². The minimum atomic E-state index is -0.545. The van der Waals surface area contributed by atoms with Crippen LogP contribution in [0.4, 0.5) is 0 Å². The van der Waals surface area contributed by atoms with E-state index in [1.807, 2.05) is 18.2 Å². The molecule has 7 nitrogen and oxygen atoms in total. The largest absolute Gasteiger partial charge is 0.502 e. The van der Waals surface area contributed by atoms with Crippen LogP contribution in [0.2, 0.25) is 0 Å². The highest BCUT2D eigenvalue weighted by Gasteiger charge is 2.45. The van der Waals surface area contributed by atoms with Gasteiger partial charge in [0.2, 0.25) is 5.43 Å². The van der Waals surface area contributed by atoms with Gasteiger partial charge in [0.1, 0.15) is 18.5 Å². The summed E-state index contributed by atoms with van der Waals surface area (Å²) in [6, 6.07) is 15.6. The van der Waals surface area contributed by atoms with Crippen molar-refractivity contribution in [2.45, 2.75) is 23.1 Å². The molecule has 1 aliphatic carbocycles. The maximum Gasteiger partial charge on any atom is 0.277 e. The molecule has 1 N–H and O–H groups in total. The Morgan fingerprint density at radius 1 is 1.03 bits per heavy atom. The number of aromatic nitrogens is 1. The van der Waals surface area contributed by atoms with Gasteiger partial charge in [0, 0.05) is 35.0 Å². The molecule has 2 bridgehead atoms. The summed E-state index contributed by atoms with van der Waals surface area (Å²) in [5.74, 6) is 1.63. The molecule has 3 atom stereocenters. The normalized spacial score (nSPS) is 24.5. The summed E-state index contributed by atoms with van der Waals surface area (Å²) < 4.78 is 8.13. The van der Waals surface area contributed by atoms with Crippen molar-refractivity contribution in [2.24, 2.45) is 11.8 Å². The number of aromatic hydroxyl groups is 1. The molecule has 7 rings (SSSR count). The topological polar surface area (TPSA) is 75.0 Å². The zero-order valence-electron chi connectivity index (χ0n) is 18.4. The average Bonchev–Trinajstić information content (AvgIpc) is 3.61. The maximum absolute atomic E-state index is 13.5. The van der Waals surface area contributed by atoms with E-state index in [9.17, 15) is 14.7 Å². The van der Waals surface area contributed by atoms with Crippen LogP contribution in [0.5, 0.6) is 11.5 Å². The third-order valence-electron chi connectivity index (χ3n) is 7.44. The van der Waals surface area contributed by atoms with Crippen molar-refractivity contribution in [1.82, 2.24) is 9.58 Å². The molecule has 2 aromatic carbocycles. The third kappa shape index (κ3) is 2.91. The fourth-order valence-corrected chi connectivity index (χ4v) is 6.65. The summed E-state index contributed by atoms with van der Waals surface area (Å²) in [7, 11) is 0. The van der Waals surface area contributed by atoms with Gasteiger partial charge < -0.3 is 14.7 Å². The number of fused-ring (bicyclic) bond motifs is 8. The van der Waals surface area contributed by atoms with Crippen molar-refractivity contribution >= 4 is 17.7 Å². The fraction of sp³-hybridized carbons (Fsp3) is 0.308. The summed E-state index contributed by atoms with van der Waals surface area (Å²) >= 11 is 1.79. The number of carbonyl (C=O) groups is 1. The van der Waals surface area contributed by atoms with E-state index in [1.54, 1.807) is 27.5 Å². The number of hydrogen-bond acceptors (Lipinski definition) is 6. The Balaban J connectivity index is 1.53. The Labute approximate surface area is 200 Å². The maximum atomic E-state index is 13.5. The average molecular weight is 474 g/mol. The molecule has 1 fully saturated rings. The van der Waals surface area contributed by atoms with Crippen LogP contribution in [0.3, 0.4) is 0 Å². The van der Waals surface area contributed by atoms with Crippen molar-refractivity contribution in [3.63, 3.8) is 0 Å². The molecule has 4 aliphatic rings. The second kappa shape index (κ2) is 7.30. The van der Waals surface area contributed by atoms with Crippen molar-refractivity contribution < 1.29 is 14.6 Å². The van der Waals surface area contributed by atoms with Crippen molar-refractivity contribution in [2.75, 3.05) is 24.8 Å². The molecule has 34 heavy (non-hydrogen) atoms. The van der Waals surface area contributed by atoms with E-state index < -0.39 is 11.2 Å². The lowest BCUT2D eigenvalue weighted by molar-refractivity contribution is 0.0667. The Morgan fingerprint density at radius 3 is 2.82 bits per heavy atom. The molecule has 4 heterocycles. The molecular formula is C26H23N3O4S. The molecule has 3 aromatic rings. The number of rotatable bonds is 0. The van der Waals surface area contributed by atoms with Crippen molar-refractivity contribution in [3.8, 4) is 11.5 Å². The van der Waals surface area contributed by atoms with E-state index in [-0.39, 0.29) is 17.6 Å². The zero-order valence-corrected chi connectivity index (χ0v) is 19.2. The summed E-state index contributed by atoms with van der Waals surface area (Å²) in [6.45, 7) is 1.56. The van der Waals surface area contributed by atoms with Gasteiger partial charge in [-0.15, -0.1) is 11.8 Å².